The summed E-state index contributed by atoms with van der Waals surface area (Å²) < 4.78 is 1.74. The highest BCUT2D eigenvalue weighted by Gasteiger charge is 2.33. The third kappa shape index (κ3) is 3.09. The number of aromatic nitrogens is 2. The maximum Gasteiger partial charge on any atom is 0.317 e. The molecule has 7 heteroatoms. The highest BCUT2D eigenvalue weighted by Crippen LogP contribution is 2.20. The molecule has 2 aliphatic heterocycles. The van der Waals surface area contributed by atoms with E-state index < -0.39 is 0 Å². The van der Waals surface area contributed by atoms with Gasteiger partial charge in [0.05, 0.1) is 11.7 Å². The standard InChI is InChI=1S/C18H21N5O2/c24-17(14-4-1-5-15(12-14)23-10-3-7-20-23)21-9-2-6-16(13-21)22-11-8-19-18(22)25/h1,3-5,7,10,12,16H,2,6,8-9,11,13H2,(H,19,25). The zero-order valence-corrected chi connectivity index (χ0v) is 14.0. The summed E-state index contributed by atoms with van der Waals surface area (Å²) in [5.41, 5.74) is 1.52. The summed E-state index contributed by atoms with van der Waals surface area (Å²) >= 11 is 0. The number of amides is 3. The van der Waals surface area contributed by atoms with Gasteiger partial charge >= 0.3 is 6.03 Å². The number of nitrogens with one attached hydrogen (secondary N) is 1. The molecule has 0 saturated carbocycles. The smallest absolute Gasteiger partial charge is 0.317 e. The van der Waals surface area contributed by atoms with Crippen LogP contribution in [0.3, 0.4) is 0 Å². The molecule has 25 heavy (non-hydrogen) atoms. The SMILES string of the molecule is O=C(c1cccc(-n2cccn2)c1)N1CCCC(N2CCNC2=O)C1. The molecule has 0 bridgehead atoms. The van der Waals surface area contributed by atoms with Gasteiger partial charge in [-0.25, -0.2) is 9.48 Å². The lowest BCUT2D eigenvalue weighted by molar-refractivity contribution is 0.0634. The molecule has 3 heterocycles. The fraction of sp³-hybridized carbons (Fsp3) is 0.389. The lowest BCUT2D eigenvalue weighted by Gasteiger charge is -2.37. The predicted octanol–water partition coefficient (Wildman–Crippen LogP) is 1.50. The number of urea groups is 1. The van der Waals surface area contributed by atoms with Crippen LogP contribution in [0.4, 0.5) is 4.79 Å². The molecular formula is C18H21N5O2. The van der Waals surface area contributed by atoms with Gasteiger partial charge in [0.15, 0.2) is 0 Å². The summed E-state index contributed by atoms with van der Waals surface area (Å²) in [5, 5.41) is 7.05. The van der Waals surface area contributed by atoms with E-state index in [9.17, 15) is 9.59 Å². The first-order valence-corrected chi connectivity index (χ1v) is 8.66. The minimum atomic E-state index is -0.0139. The highest BCUT2D eigenvalue weighted by atomic mass is 16.2. The Kier molecular flexibility index (Phi) is 4.13. The molecule has 1 unspecified atom stereocenters. The summed E-state index contributed by atoms with van der Waals surface area (Å²) in [6.07, 6.45) is 5.43. The van der Waals surface area contributed by atoms with Crippen molar-refractivity contribution in [2.24, 2.45) is 0 Å². The fourth-order valence-electron chi connectivity index (χ4n) is 3.61. The molecule has 2 saturated heterocycles. The number of hydrogen-bond donors (Lipinski definition) is 1. The molecule has 130 valence electrons. The number of piperidine rings is 1. The van der Waals surface area contributed by atoms with Crippen LogP contribution >= 0.6 is 0 Å². The van der Waals surface area contributed by atoms with E-state index in [1.54, 1.807) is 10.9 Å². The van der Waals surface area contributed by atoms with Crippen LogP contribution in [0.25, 0.3) is 5.69 Å². The van der Waals surface area contributed by atoms with Crippen LogP contribution < -0.4 is 5.32 Å². The maximum absolute atomic E-state index is 12.9. The summed E-state index contributed by atoms with van der Waals surface area (Å²) in [4.78, 5) is 28.6. The van der Waals surface area contributed by atoms with E-state index in [0.29, 0.717) is 18.7 Å². The van der Waals surface area contributed by atoms with Crippen LogP contribution in [0.15, 0.2) is 42.7 Å². The van der Waals surface area contributed by atoms with E-state index in [1.165, 1.54) is 0 Å². The van der Waals surface area contributed by atoms with Crippen molar-refractivity contribution in [2.75, 3.05) is 26.2 Å². The molecule has 1 aromatic heterocycles. The number of benzene rings is 1. The average Bonchev–Trinajstić information content (AvgIpc) is 3.33. The van der Waals surface area contributed by atoms with Gasteiger partial charge in [-0.1, -0.05) is 6.07 Å². The zero-order chi connectivity index (χ0) is 17.2. The molecule has 3 amide bonds. The molecule has 1 aromatic carbocycles. The van der Waals surface area contributed by atoms with Crippen LogP contribution in [0, 0.1) is 0 Å². The number of likely N-dealkylation sites (tertiary alicyclic amines) is 1. The molecule has 4 rings (SSSR count). The van der Waals surface area contributed by atoms with Crippen LogP contribution in [0.2, 0.25) is 0 Å². The quantitative estimate of drug-likeness (QED) is 0.921. The summed E-state index contributed by atoms with van der Waals surface area (Å²) in [5.74, 6) is 0.0123. The Balaban J connectivity index is 1.50. The van der Waals surface area contributed by atoms with Crippen molar-refractivity contribution in [1.82, 2.24) is 24.9 Å². The lowest BCUT2D eigenvalue weighted by Crippen LogP contribution is -2.50. The van der Waals surface area contributed by atoms with Gasteiger partial charge in [0.25, 0.3) is 5.91 Å². The second-order valence-corrected chi connectivity index (χ2v) is 6.47. The Morgan fingerprint density at radius 2 is 2.16 bits per heavy atom. The first kappa shape index (κ1) is 15.7. The Bertz CT molecular complexity index is 774. The molecule has 0 spiro atoms. The van der Waals surface area contributed by atoms with Crippen molar-refractivity contribution < 1.29 is 9.59 Å². The van der Waals surface area contributed by atoms with E-state index in [-0.39, 0.29) is 18.0 Å². The van der Waals surface area contributed by atoms with Gasteiger partial charge in [-0.05, 0) is 37.1 Å². The Hall–Kier alpha value is -2.83. The zero-order valence-electron chi connectivity index (χ0n) is 14.0. The van der Waals surface area contributed by atoms with Crippen LogP contribution in [-0.2, 0) is 0 Å². The van der Waals surface area contributed by atoms with Gasteiger partial charge in [0, 0.05) is 44.1 Å². The topological polar surface area (TPSA) is 70.5 Å². The molecule has 2 aliphatic rings. The molecular weight excluding hydrogens is 318 g/mol. The average molecular weight is 339 g/mol. The Morgan fingerprint density at radius 3 is 2.92 bits per heavy atom. The molecule has 7 nitrogen and oxygen atoms in total. The first-order chi connectivity index (χ1) is 12.2. The van der Waals surface area contributed by atoms with E-state index in [2.05, 4.69) is 10.4 Å². The normalized spacial score (nSPS) is 20.6. The van der Waals surface area contributed by atoms with Gasteiger partial charge in [-0.2, -0.15) is 5.10 Å². The van der Waals surface area contributed by atoms with Crippen molar-refractivity contribution >= 4 is 11.9 Å². The molecule has 0 radical (unpaired) electrons. The molecule has 2 fully saturated rings. The third-order valence-corrected chi connectivity index (χ3v) is 4.88. The largest absolute Gasteiger partial charge is 0.337 e. The number of carbonyl (C=O) groups excluding carboxylic acids is 2. The summed E-state index contributed by atoms with van der Waals surface area (Å²) in [6, 6.07) is 9.44. The second kappa shape index (κ2) is 6.58. The Labute approximate surface area is 146 Å². The van der Waals surface area contributed by atoms with Crippen LogP contribution in [-0.4, -0.2) is 63.7 Å². The van der Waals surface area contributed by atoms with Gasteiger partial charge in [0.1, 0.15) is 0 Å². The summed E-state index contributed by atoms with van der Waals surface area (Å²) in [7, 11) is 0. The lowest BCUT2D eigenvalue weighted by atomic mass is 10.0. The molecule has 1 atom stereocenters. The van der Waals surface area contributed by atoms with Crippen LogP contribution in [0.5, 0.6) is 0 Å². The maximum atomic E-state index is 12.9. The number of carbonyl (C=O) groups is 2. The van der Waals surface area contributed by atoms with Gasteiger partial charge < -0.3 is 15.1 Å². The van der Waals surface area contributed by atoms with E-state index >= 15 is 0 Å². The van der Waals surface area contributed by atoms with Gasteiger partial charge in [-0.15, -0.1) is 0 Å². The minimum Gasteiger partial charge on any atom is -0.337 e. The van der Waals surface area contributed by atoms with Crippen molar-refractivity contribution in [3.8, 4) is 5.69 Å². The predicted molar refractivity (Wildman–Crippen MR) is 92.6 cm³/mol. The van der Waals surface area contributed by atoms with Crippen molar-refractivity contribution in [1.29, 1.82) is 0 Å². The van der Waals surface area contributed by atoms with Crippen molar-refractivity contribution in [3.63, 3.8) is 0 Å². The molecule has 0 aliphatic carbocycles. The van der Waals surface area contributed by atoms with E-state index in [0.717, 1.165) is 31.6 Å². The monoisotopic (exact) mass is 339 g/mol. The van der Waals surface area contributed by atoms with Crippen molar-refractivity contribution in [3.05, 3.63) is 48.3 Å². The fourth-order valence-corrected chi connectivity index (χ4v) is 3.61. The minimum absolute atomic E-state index is 0.0123. The molecule has 1 N–H and O–H groups in total. The van der Waals surface area contributed by atoms with E-state index in [4.69, 9.17) is 0 Å². The Morgan fingerprint density at radius 1 is 1.24 bits per heavy atom. The molecule has 2 aromatic rings. The highest BCUT2D eigenvalue weighted by molar-refractivity contribution is 5.95. The van der Waals surface area contributed by atoms with Crippen LogP contribution in [0.1, 0.15) is 23.2 Å². The summed E-state index contributed by atoms with van der Waals surface area (Å²) in [6.45, 7) is 2.74. The number of rotatable bonds is 3. The first-order valence-electron chi connectivity index (χ1n) is 8.66. The van der Waals surface area contributed by atoms with Gasteiger partial charge in [-0.3, -0.25) is 4.79 Å². The number of hydrogen-bond acceptors (Lipinski definition) is 3. The van der Waals surface area contributed by atoms with Crippen molar-refractivity contribution in [2.45, 2.75) is 18.9 Å². The van der Waals surface area contributed by atoms with Gasteiger partial charge in [0.2, 0.25) is 0 Å². The third-order valence-electron chi connectivity index (χ3n) is 4.88. The second-order valence-electron chi connectivity index (χ2n) is 6.47. The van der Waals surface area contributed by atoms with E-state index in [1.807, 2.05) is 46.3 Å². The number of nitrogens with zero attached hydrogens (tertiary/aromatic N) is 4.